The Balaban J connectivity index is 1.97. The third kappa shape index (κ3) is 4.00. The largest absolute Gasteiger partial charge is 0.378 e. The van der Waals surface area contributed by atoms with Gasteiger partial charge in [0.2, 0.25) is 0 Å². The van der Waals surface area contributed by atoms with E-state index < -0.39 is 4.92 Å². The second-order valence-electron chi connectivity index (χ2n) is 4.51. The lowest BCUT2D eigenvalue weighted by Crippen LogP contribution is -2.08. The van der Waals surface area contributed by atoms with Gasteiger partial charge in [-0.15, -0.1) is 0 Å². The van der Waals surface area contributed by atoms with Crippen molar-refractivity contribution < 1.29 is 4.92 Å². The number of nitrogens with one attached hydrogen (secondary N) is 1. The average molecular weight is 285 g/mol. The first-order valence-corrected chi connectivity index (χ1v) is 6.23. The highest BCUT2D eigenvalue weighted by atomic mass is 16.6. The van der Waals surface area contributed by atoms with E-state index in [1.165, 1.54) is 18.3 Å². The number of hydrogen-bond acceptors (Lipinski definition) is 6. The second kappa shape index (κ2) is 6.47. The minimum atomic E-state index is -0.494. The number of benzene rings is 1. The van der Waals surface area contributed by atoms with Gasteiger partial charge in [-0.05, 0) is 23.8 Å². The van der Waals surface area contributed by atoms with E-state index in [4.69, 9.17) is 0 Å². The Kier molecular flexibility index (Phi) is 4.45. The lowest BCUT2D eigenvalue weighted by molar-refractivity contribution is -0.385. The molecule has 0 aliphatic rings. The van der Waals surface area contributed by atoms with E-state index in [0.29, 0.717) is 5.82 Å². The number of nitrogens with zero attached hydrogens (tertiary/aromatic N) is 4. The van der Waals surface area contributed by atoms with Gasteiger partial charge in [-0.1, -0.05) is 12.1 Å². The molecule has 0 amide bonds. The van der Waals surface area contributed by atoms with Crippen molar-refractivity contribution in [2.75, 3.05) is 24.4 Å². The minimum absolute atomic E-state index is 0.0520. The molecule has 2 aromatic rings. The van der Waals surface area contributed by atoms with Gasteiger partial charge < -0.3 is 4.90 Å². The first-order valence-electron chi connectivity index (χ1n) is 6.23. The van der Waals surface area contributed by atoms with Gasteiger partial charge in [0.15, 0.2) is 0 Å². The molecule has 0 unspecified atom stereocenters. The summed E-state index contributed by atoms with van der Waals surface area (Å²) in [5.41, 5.74) is 4.72. The van der Waals surface area contributed by atoms with Crippen molar-refractivity contribution in [2.24, 2.45) is 5.10 Å². The Hall–Kier alpha value is -2.96. The molecule has 0 fully saturated rings. The zero-order valence-electron chi connectivity index (χ0n) is 11.7. The number of hydrogen-bond donors (Lipinski definition) is 1. The topological polar surface area (TPSA) is 83.7 Å². The van der Waals surface area contributed by atoms with Gasteiger partial charge in [0.25, 0.3) is 5.69 Å². The Labute approximate surface area is 122 Å². The van der Waals surface area contributed by atoms with Gasteiger partial charge in [-0.3, -0.25) is 15.5 Å². The third-order valence-electron chi connectivity index (χ3n) is 2.76. The molecule has 7 nitrogen and oxygen atoms in total. The highest BCUT2D eigenvalue weighted by Crippen LogP contribution is 2.12. The normalized spacial score (nSPS) is 10.6. The molecule has 0 radical (unpaired) electrons. The van der Waals surface area contributed by atoms with Crippen LogP contribution in [0.15, 0.2) is 47.7 Å². The fraction of sp³-hybridized carbons (Fsp3) is 0.143. The lowest BCUT2D eigenvalue weighted by Gasteiger charge is -2.11. The maximum atomic E-state index is 10.5. The molecule has 1 heterocycles. The average Bonchev–Trinajstić information content (AvgIpc) is 2.48. The SMILES string of the molecule is CN(C)c1ccc(C=NNc2ccc([N+](=O)[O-])cn2)cc1. The van der Waals surface area contributed by atoms with Crippen LogP contribution in [0.3, 0.4) is 0 Å². The van der Waals surface area contributed by atoms with Crippen LogP contribution in [-0.2, 0) is 0 Å². The summed E-state index contributed by atoms with van der Waals surface area (Å²) < 4.78 is 0. The molecule has 1 aromatic carbocycles. The Morgan fingerprint density at radius 3 is 2.48 bits per heavy atom. The van der Waals surface area contributed by atoms with Gasteiger partial charge in [0.05, 0.1) is 11.1 Å². The molecular formula is C14H15N5O2. The Morgan fingerprint density at radius 1 is 1.24 bits per heavy atom. The van der Waals surface area contributed by atoms with Crippen molar-refractivity contribution in [3.05, 3.63) is 58.3 Å². The van der Waals surface area contributed by atoms with E-state index in [1.807, 2.05) is 43.3 Å². The number of pyridine rings is 1. The van der Waals surface area contributed by atoms with Gasteiger partial charge in [0, 0.05) is 25.8 Å². The number of rotatable bonds is 5. The molecule has 0 atom stereocenters. The summed E-state index contributed by atoms with van der Waals surface area (Å²) in [5, 5.41) is 14.5. The molecule has 0 spiro atoms. The fourth-order valence-electron chi connectivity index (χ4n) is 1.59. The fourth-order valence-corrected chi connectivity index (χ4v) is 1.59. The van der Waals surface area contributed by atoms with Crippen LogP contribution in [0.25, 0.3) is 0 Å². The number of anilines is 2. The minimum Gasteiger partial charge on any atom is -0.378 e. The van der Waals surface area contributed by atoms with E-state index in [0.717, 1.165) is 11.3 Å². The van der Waals surface area contributed by atoms with E-state index in [1.54, 1.807) is 6.21 Å². The molecule has 7 heteroatoms. The first-order chi connectivity index (χ1) is 10.1. The summed E-state index contributed by atoms with van der Waals surface area (Å²) in [6.07, 6.45) is 2.84. The van der Waals surface area contributed by atoms with Crippen LogP contribution in [0.5, 0.6) is 0 Å². The smallest absolute Gasteiger partial charge is 0.287 e. The molecule has 1 N–H and O–H groups in total. The number of nitro groups is 1. The molecular weight excluding hydrogens is 270 g/mol. The third-order valence-corrected chi connectivity index (χ3v) is 2.76. The Morgan fingerprint density at radius 2 is 1.95 bits per heavy atom. The van der Waals surface area contributed by atoms with Crippen molar-refractivity contribution in [3.63, 3.8) is 0 Å². The van der Waals surface area contributed by atoms with Crippen molar-refractivity contribution in [2.45, 2.75) is 0 Å². The van der Waals surface area contributed by atoms with Gasteiger partial charge in [-0.2, -0.15) is 5.10 Å². The van der Waals surface area contributed by atoms with Crippen LogP contribution in [-0.4, -0.2) is 30.2 Å². The lowest BCUT2D eigenvalue weighted by atomic mass is 10.2. The summed E-state index contributed by atoms with van der Waals surface area (Å²) >= 11 is 0. The van der Waals surface area contributed by atoms with Crippen molar-refractivity contribution in [1.82, 2.24) is 4.98 Å². The van der Waals surface area contributed by atoms with E-state index in [9.17, 15) is 10.1 Å². The van der Waals surface area contributed by atoms with E-state index >= 15 is 0 Å². The summed E-state index contributed by atoms with van der Waals surface area (Å²) in [7, 11) is 3.95. The highest BCUT2D eigenvalue weighted by molar-refractivity contribution is 5.80. The van der Waals surface area contributed by atoms with Gasteiger partial charge in [0.1, 0.15) is 12.0 Å². The predicted octanol–water partition coefficient (Wildman–Crippen LogP) is 2.50. The molecule has 21 heavy (non-hydrogen) atoms. The number of aromatic nitrogens is 1. The van der Waals surface area contributed by atoms with Crippen LogP contribution in [0.4, 0.5) is 17.2 Å². The summed E-state index contributed by atoms with van der Waals surface area (Å²) in [4.78, 5) is 15.9. The number of hydrazone groups is 1. The summed E-state index contributed by atoms with van der Waals surface area (Å²) in [6, 6.07) is 10.8. The van der Waals surface area contributed by atoms with Crippen LogP contribution in [0, 0.1) is 10.1 Å². The van der Waals surface area contributed by atoms with Crippen molar-refractivity contribution in [3.8, 4) is 0 Å². The summed E-state index contributed by atoms with van der Waals surface area (Å²) in [6.45, 7) is 0. The molecule has 0 saturated heterocycles. The van der Waals surface area contributed by atoms with Crippen molar-refractivity contribution >= 4 is 23.4 Å². The maximum Gasteiger partial charge on any atom is 0.287 e. The molecule has 0 aliphatic carbocycles. The Bertz CT molecular complexity index is 635. The molecule has 0 bridgehead atoms. The van der Waals surface area contributed by atoms with Crippen LogP contribution in [0.1, 0.15) is 5.56 Å². The van der Waals surface area contributed by atoms with Crippen LogP contribution in [0.2, 0.25) is 0 Å². The summed E-state index contributed by atoms with van der Waals surface area (Å²) in [5.74, 6) is 0.446. The van der Waals surface area contributed by atoms with E-state index in [-0.39, 0.29) is 5.69 Å². The zero-order chi connectivity index (χ0) is 15.2. The molecule has 2 rings (SSSR count). The van der Waals surface area contributed by atoms with Crippen LogP contribution >= 0.6 is 0 Å². The van der Waals surface area contributed by atoms with Gasteiger partial charge in [-0.25, -0.2) is 4.98 Å². The van der Waals surface area contributed by atoms with Gasteiger partial charge >= 0.3 is 0 Å². The standard InChI is InChI=1S/C14H15N5O2/c1-18(2)12-5-3-11(4-6-12)9-16-17-14-8-7-13(10-15-14)19(20)21/h3-10H,1-2H3,(H,15,17). The van der Waals surface area contributed by atoms with Crippen LogP contribution < -0.4 is 10.3 Å². The van der Waals surface area contributed by atoms with E-state index in [2.05, 4.69) is 15.5 Å². The predicted molar refractivity (Wildman–Crippen MR) is 82.9 cm³/mol. The second-order valence-corrected chi connectivity index (χ2v) is 4.51. The highest BCUT2D eigenvalue weighted by Gasteiger charge is 2.04. The monoisotopic (exact) mass is 285 g/mol. The maximum absolute atomic E-state index is 10.5. The molecule has 1 aromatic heterocycles. The first kappa shape index (κ1) is 14.4. The molecule has 0 saturated carbocycles. The quantitative estimate of drug-likeness (QED) is 0.518. The molecule has 108 valence electrons. The van der Waals surface area contributed by atoms with Crippen molar-refractivity contribution in [1.29, 1.82) is 0 Å². The zero-order valence-corrected chi connectivity index (χ0v) is 11.7. The molecule has 0 aliphatic heterocycles.